The number of aromatic nitrogens is 1. The van der Waals surface area contributed by atoms with Crippen molar-refractivity contribution in [1.82, 2.24) is 9.29 Å². The second kappa shape index (κ2) is 5.94. The molecule has 0 atom stereocenters. The molecule has 21 heavy (non-hydrogen) atoms. The van der Waals surface area contributed by atoms with E-state index in [-0.39, 0.29) is 10.6 Å². The van der Waals surface area contributed by atoms with Crippen molar-refractivity contribution < 1.29 is 13.2 Å². The van der Waals surface area contributed by atoms with Gasteiger partial charge in [-0.25, -0.2) is 13.1 Å². The van der Waals surface area contributed by atoms with Crippen LogP contribution in [0.15, 0.2) is 44.2 Å². The van der Waals surface area contributed by atoms with E-state index in [2.05, 4.69) is 36.6 Å². The lowest BCUT2D eigenvalue weighted by Gasteiger charge is -2.10. The van der Waals surface area contributed by atoms with E-state index < -0.39 is 15.9 Å². The van der Waals surface area contributed by atoms with Crippen molar-refractivity contribution in [3.8, 4) is 0 Å². The Bertz CT molecular complexity index is 813. The summed E-state index contributed by atoms with van der Waals surface area (Å²) in [7, 11) is -2.26. The topological polar surface area (TPSA) is 68.2 Å². The summed E-state index contributed by atoms with van der Waals surface area (Å²) in [5, 5.41) is 0. The Morgan fingerprint density at radius 3 is 2.43 bits per heavy atom. The predicted octanol–water partition coefficient (Wildman–Crippen LogP) is 2.98. The van der Waals surface area contributed by atoms with Crippen molar-refractivity contribution in [3.05, 3.63) is 50.7 Å². The Hall–Kier alpha value is -1.12. The summed E-state index contributed by atoms with van der Waals surface area (Å²) < 4.78 is 29.3. The Balaban J connectivity index is 2.36. The number of carbonyl (C=O) groups is 1. The first-order valence-electron chi connectivity index (χ1n) is 5.87. The molecule has 2 aromatic rings. The van der Waals surface area contributed by atoms with Crippen LogP contribution in [0.2, 0.25) is 0 Å². The van der Waals surface area contributed by atoms with E-state index >= 15 is 0 Å². The van der Waals surface area contributed by atoms with Gasteiger partial charge in [-0.15, -0.1) is 0 Å². The van der Waals surface area contributed by atoms with Gasteiger partial charge in [-0.2, -0.15) is 0 Å². The fraction of sp³-hybridized carbons (Fsp3) is 0.154. The van der Waals surface area contributed by atoms with Crippen LogP contribution in [-0.4, -0.2) is 18.9 Å². The standard InChI is InChI=1S/C13H12Br2N2O3S/c1-8-3-6-11(17(8)2)13(18)16-21(19,20)12-7-9(14)4-5-10(12)15/h3-7H,1-2H3,(H,16,18). The molecule has 2 rings (SSSR count). The summed E-state index contributed by atoms with van der Waals surface area (Å²) >= 11 is 6.39. The molecule has 0 aliphatic carbocycles. The second-order valence-electron chi connectivity index (χ2n) is 4.43. The predicted molar refractivity (Wildman–Crippen MR) is 86.6 cm³/mol. The number of aryl methyl sites for hydroxylation is 1. The normalized spacial score (nSPS) is 11.4. The number of rotatable bonds is 3. The van der Waals surface area contributed by atoms with E-state index in [9.17, 15) is 13.2 Å². The number of nitrogens with zero attached hydrogens (tertiary/aromatic N) is 1. The zero-order valence-electron chi connectivity index (χ0n) is 11.2. The van der Waals surface area contributed by atoms with E-state index in [1.807, 2.05) is 6.92 Å². The fourth-order valence-electron chi connectivity index (χ4n) is 1.75. The van der Waals surface area contributed by atoms with Gasteiger partial charge in [0.2, 0.25) is 0 Å². The zero-order valence-corrected chi connectivity index (χ0v) is 15.2. The van der Waals surface area contributed by atoms with Crippen LogP contribution < -0.4 is 4.72 Å². The van der Waals surface area contributed by atoms with Crippen LogP contribution >= 0.6 is 31.9 Å². The van der Waals surface area contributed by atoms with Crippen molar-refractivity contribution in [3.63, 3.8) is 0 Å². The van der Waals surface area contributed by atoms with Crippen molar-refractivity contribution >= 4 is 47.8 Å². The highest BCUT2D eigenvalue weighted by molar-refractivity contribution is 9.11. The summed E-state index contributed by atoms with van der Waals surface area (Å²) in [6.07, 6.45) is 0. The lowest BCUT2D eigenvalue weighted by molar-refractivity contribution is 0.0973. The van der Waals surface area contributed by atoms with Crippen molar-refractivity contribution in [2.24, 2.45) is 7.05 Å². The third-order valence-electron chi connectivity index (χ3n) is 3.02. The molecule has 0 aliphatic rings. The molecular formula is C13H12Br2N2O3S. The SMILES string of the molecule is Cc1ccc(C(=O)NS(=O)(=O)c2cc(Br)ccc2Br)n1C. The molecule has 0 spiro atoms. The maximum absolute atomic E-state index is 12.3. The van der Waals surface area contributed by atoms with Gasteiger partial charge in [0.25, 0.3) is 15.9 Å². The highest BCUT2D eigenvalue weighted by Gasteiger charge is 2.23. The highest BCUT2D eigenvalue weighted by atomic mass is 79.9. The van der Waals surface area contributed by atoms with Gasteiger partial charge in [0.05, 0.1) is 0 Å². The summed E-state index contributed by atoms with van der Waals surface area (Å²) in [4.78, 5) is 12.1. The molecule has 112 valence electrons. The van der Waals surface area contributed by atoms with Crippen molar-refractivity contribution in [1.29, 1.82) is 0 Å². The van der Waals surface area contributed by atoms with Crippen LogP contribution in [0, 0.1) is 6.92 Å². The monoisotopic (exact) mass is 434 g/mol. The van der Waals surface area contributed by atoms with Gasteiger partial charge in [0.1, 0.15) is 10.6 Å². The first kappa shape index (κ1) is 16.3. The molecule has 0 saturated heterocycles. The van der Waals surface area contributed by atoms with Gasteiger partial charge in [-0.1, -0.05) is 15.9 Å². The third-order valence-corrected chi connectivity index (χ3v) is 5.83. The number of amides is 1. The van der Waals surface area contributed by atoms with E-state index in [0.717, 1.165) is 5.69 Å². The minimum atomic E-state index is -3.96. The molecule has 1 aromatic carbocycles. The minimum Gasteiger partial charge on any atom is -0.344 e. The van der Waals surface area contributed by atoms with Gasteiger partial charge in [0, 0.05) is 21.7 Å². The Morgan fingerprint density at radius 1 is 1.19 bits per heavy atom. The summed E-state index contributed by atoms with van der Waals surface area (Å²) in [5.74, 6) is -0.669. The molecule has 0 fully saturated rings. The molecule has 8 heteroatoms. The lowest BCUT2D eigenvalue weighted by atomic mass is 10.4. The van der Waals surface area contributed by atoms with Crippen molar-refractivity contribution in [2.45, 2.75) is 11.8 Å². The van der Waals surface area contributed by atoms with E-state index in [0.29, 0.717) is 8.95 Å². The highest BCUT2D eigenvalue weighted by Crippen LogP contribution is 2.25. The van der Waals surface area contributed by atoms with Gasteiger partial charge in [-0.05, 0) is 53.2 Å². The summed E-state index contributed by atoms with van der Waals surface area (Å²) in [6, 6.07) is 8.05. The Morgan fingerprint density at radius 2 is 1.86 bits per heavy atom. The first-order valence-corrected chi connectivity index (χ1v) is 8.94. The minimum absolute atomic E-state index is 0.00356. The van der Waals surface area contributed by atoms with Gasteiger partial charge in [0.15, 0.2) is 0 Å². The number of halogens is 2. The molecule has 1 aromatic heterocycles. The first-order chi connectivity index (χ1) is 9.72. The van der Waals surface area contributed by atoms with Crippen LogP contribution in [0.3, 0.4) is 0 Å². The van der Waals surface area contributed by atoms with Crippen LogP contribution in [-0.2, 0) is 17.1 Å². The number of benzene rings is 1. The Kier molecular flexibility index (Phi) is 4.60. The summed E-state index contributed by atoms with van der Waals surface area (Å²) in [6.45, 7) is 1.83. The molecule has 0 radical (unpaired) electrons. The number of hydrogen-bond donors (Lipinski definition) is 1. The molecule has 0 aliphatic heterocycles. The lowest BCUT2D eigenvalue weighted by Crippen LogP contribution is -2.32. The Labute approximate surface area is 139 Å². The average molecular weight is 436 g/mol. The molecule has 1 heterocycles. The van der Waals surface area contributed by atoms with Crippen LogP contribution in [0.4, 0.5) is 0 Å². The molecule has 1 N–H and O–H groups in total. The van der Waals surface area contributed by atoms with Crippen LogP contribution in [0.5, 0.6) is 0 Å². The second-order valence-corrected chi connectivity index (χ2v) is 7.85. The maximum Gasteiger partial charge on any atom is 0.281 e. The molecule has 0 unspecified atom stereocenters. The van der Waals surface area contributed by atoms with E-state index in [1.165, 1.54) is 6.07 Å². The smallest absolute Gasteiger partial charge is 0.281 e. The third kappa shape index (κ3) is 3.38. The largest absolute Gasteiger partial charge is 0.344 e. The molecule has 0 saturated carbocycles. The van der Waals surface area contributed by atoms with E-state index in [4.69, 9.17) is 0 Å². The van der Waals surface area contributed by atoms with E-state index in [1.54, 1.807) is 35.9 Å². The van der Waals surface area contributed by atoms with Crippen LogP contribution in [0.25, 0.3) is 0 Å². The van der Waals surface area contributed by atoms with Gasteiger partial charge >= 0.3 is 0 Å². The number of nitrogens with one attached hydrogen (secondary N) is 1. The van der Waals surface area contributed by atoms with Gasteiger partial charge < -0.3 is 4.57 Å². The molecule has 5 nitrogen and oxygen atoms in total. The number of hydrogen-bond acceptors (Lipinski definition) is 3. The molecule has 1 amide bonds. The summed E-state index contributed by atoms with van der Waals surface area (Å²) in [5.41, 5.74) is 1.14. The number of carbonyl (C=O) groups excluding carboxylic acids is 1. The fourth-order valence-corrected chi connectivity index (χ4v) is 4.22. The van der Waals surface area contributed by atoms with Crippen molar-refractivity contribution in [2.75, 3.05) is 0 Å². The quantitative estimate of drug-likeness (QED) is 0.805. The zero-order chi connectivity index (χ0) is 15.8. The maximum atomic E-state index is 12.3. The number of sulfonamides is 1. The average Bonchev–Trinajstić information content (AvgIpc) is 2.72. The van der Waals surface area contributed by atoms with Crippen LogP contribution in [0.1, 0.15) is 16.2 Å². The van der Waals surface area contributed by atoms with Gasteiger partial charge in [-0.3, -0.25) is 4.79 Å². The molecular weight excluding hydrogens is 424 g/mol. The molecule has 0 bridgehead atoms.